The Kier molecular flexibility index (Phi) is 4.87. The van der Waals surface area contributed by atoms with Crippen LogP contribution in [0.2, 0.25) is 0 Å². The average molecular weight is 289 g/mol. The van der Waals surface area contributed by atoms with E-state index < -0.39 is 15.7 Å². The van der Waals surface area contributed by atoms with Gasteiger partial charge in [0.1, 0.15) is 0 Å². The summed E-state index contributed by atoms with van der Waals surface area (Å²) in [6.07, 6.45) is 7.01. The Labute approximate surface area is 117 Å². The molecule has 1 aliphatic carbocycles. The Balaban J connectivity index is 2.07. The van der Waals surface area contributed by atoms with Gasteiger partial charge in [0.25, 0.3) is 10.2 Å². The van der Waals surface area contributed by atoms with Gasteiger partial charge >= 0.3 is 0 Å². The number of nitrogens with two attached hydrogens (primary N) is 1. The van der Waals surface area contributed by atoms with Crippen LogP contribution in [0.1, 0.15) is 51.9 Å². The predicted molar refractivity (Wildman–Crippen MR) is 76.9 cm³/mol. The quantitative estimate of drug-likeness (QED) is 0.817. The summed E-state index contributed by atoms with van der Waals surface area (Å²) in [6, 6.07) is 0. The van der Waals surface area contributed by atoms with Crippen molar-refractivity contribution in [1.82, 2.24) is 9.03 Å². The highest BCUT2D eigenvalue weighted by atomic mass is 32.2. The molecule has 0 aromatic carbocycles. The predicted octanol–water partition coefficient (Wildman–Crippen LogP) is 1.21. The van der Waals surface area contributed by atoms with E-state index in [2.05, 4.69) is 11.6 Å². The van der Waals surface area contributed by atoms with Crippen LogP contribution in [0.5, 0.6) is 0 Å². The van der Waals surface area contributed by atoms with Crippen molar-refractivity contribution >= 4 is 10.2 Å². The average Bonchev–Trinajstić information content (AvgIpc) is 2.39. The summed E-state index contributed by atoms with van der Waals surface area (Å²) < 4.78 is 29.5. The third-order valence-electron chi connectivity index (χ3n) is 4.48. The topological polar surface area (TPSA) is 75.4 Å². The van der Waals surface area contributed by atoms with Crippen molar-refractivity contribution < 1.29 is 8.42 Å². The molecule has 2 fully saturated rings. The van der Waals surface area contributed by atoms with Gasteiger partial charge in [-0.1, -0.05) is 26.2 Å². The SMILES string of the molecule is CC1CCCC(CN)(NS(=O)(=O)N2CCCCC2)C1. The lowest BCUT2D eigenvalue weighted by molar-refractivity contribution is 0.216. The maximum atomic E-state index is 12.5. The van der Waals surface area contributed by atoms with Crippen molar-refractivity contribution in [2.45, 2.75) is 57.4 Å². The van der Waals surface area contributed by atoms with E-state index in [0.29, 0.717) is 25.6 Å². The van der Waals surface area contributed by atoms with Crippen molar-refractivity contribution in [3.05, 3.63) is 0 Å². The van der Waals surface area contributed by atoms with Crippen LogP contribution in [0.25, 0.3) is 0 Å². The van der Waals surface area contributed by atoms with Crippen LogP contribution in [-0.4, -0.2) is 37.9 Å². The molecule has 2 atom stereocenters. The molecule has 2 rings (SSSR count). The van der Waals surface area contributed by atoms with Gasteiger partial charge in [0.2, 0.25) is 0 Å². The molecule has 0 spiro atoms. The summed E-state index contributed by atoms with van der Waals surface area (Å²) in [5.41, 5.74) is 5.47. The standard InChI is InChI=1S/C13H27N3O2S/c1-12-6-5-7-13(10-12,11-14)15-19(17,18)16-8-3-2-4-9-16/h12,15H,2-11,14H2,1H3. The van der Waals surface area contributed by atoms with Crippen LogP contribution >= 0.6 is 0 Å². The summed E-state index contributed by atoms with van der Waals surface area (Å²) in [6.45, 7) is 3.86. The first-order chi connectivity index (χ1) is 8.97. The molecule has 0 aromatic rings. The zero-order valence-electron chi connectivity index (χ0n) is 11.9. The highest BCUT2D eigenvalue weighted by Gasteiger charge is 2.39. The van der Waals surface area contributed by atoms with Gasteiger partial charge < -0.3 is 5.73 Å². The number of nitrogens with zero attached hydrogens (tertiary/aromatic N) is 1. The third kappa shape index (κ3) is 3.68. The Morgan fingerprint density at radius 1 is 1.26 bits per heavy atom. The Bertz CT molecular complexity index is 393. The first-order valence-electron chi connectivity index (χ1n) is 7.47. The van der Waals surface area contributed by atoms with E-state index in [4.69, 9.17) is 5.73 Å². The van der Waals surface area contributed by atoms with Crippen LogP contribution in [0.15, 0.2) is 0 Å². The van der Waals surface area contributed by atoms with Crippen LogP contribution in [0.4, 0.5) is 0 Å². The van der Waals surface area contributed by atoms with E-state index in [0.717, 1.165) is 38.5 Å². The molecule has 0 bridgehead atoms. The molecule has 2 aliphatic rings. The van der Waals surface area contributed by atoms with Crippen molar-refractivity contribution in [3.63, 3.8) is 0 Å². The smallest absolute Gasteiger partial charge is 0.279 e. The van der Waals surface area contributed by atoms with Gasteiger partial charge in [-0.2, -0.15) is 17.4 Å². The molecule has 5 nitrogen and oxygen atoms in total. The van der Waals surface area contributed by atoms with E-state index in [-0.39, 0.29) is 0 Å². The second kappa shape index (κ2) is 6.08. The molecular weight excluding hydrogens is 262 g/mol. The fourth-order valence-electron chi connectivity index (χ4n) is 3.42. The minimum atomic E-state index is -3.37. The lowest BCUT2D eigenvalue weighted by atomic mass is 9.77. The molecule has 19 heavy (non-hydrogen) atoms. The second-order valence-electron chi connectivity index (χ2n) is 6.25. The first kappa shape index (κ1) is 15.2. The van der Waals surface area contributed by atoms with E-state index in [1.807, 2.05) is 0 Å². The Morgan fingerprint density at radius 2 is 1.95 bits per heavy atom. The molecule has 6 heteroatoms. The normalized spacial score (nSPS) is 34.3. The van der Waals surface area contributed by atoms with Crippen LogP contribution < -0.4 is 10.5 Å². The maximum Gasteiger partial charge on any atom is 0.279 e. The molecule has 0 aromatic heterocycles. The lowest BCUT2D eigenvalue weighted by Gasteiger charge is -2.41. The zero-order chi connectivity index (χ0) is 13.9. The van der Waals surface area contributed by atoms with Crippen molar-refractivity contribution in [3.8, 4) is 0 Å². The van der Waals surface area contributed by atoms with Crippen LogP contribution in [-0.2, 0) is 10.2 Å². The number of piperidine rings is 1. The van der Waals surface area contributed by atoms with E-state index >= 15 is 0 Å². The van der Waals surface area contributed by atoms with Crippen molar-refractivity contribution in [2.24, 2.45) is 11.7 Å². The van der Waals surface area contributed by atoms with Crippen molar-refractivity contribution in [2.75, 3.05) is 19.6 Å². The first-order valence-corrected chi connectivity index (χ1v) is 8.91. The molecule has 0 radical (unpaired) electrons. The summed E-state index contributed by atoms with van der Waals surface area (Å²) in [5.74, 6) is 0.543. The lowest BCUT2D eigenvalue weighted by Crippen LogP contribution is -2.59. The van der Waals surface area contributed by atoms with Gasteiger partial charge in [-0.05, 0) is 31.6 Å². The number of rotatable bonds is 4. The number of hydrogen-bond donors (Lipinski definition) is 2. The van der Waals surface area contributed by atoms with E-state index in [1.165, 1.54) is 6.42 Å². The van der Waals surface area contributed by atoms with Gasteiger partial charge in [0, 0.05) is 25.2 Å². The summed E-state index contributed by atoms with van der Waals surface area (Å²) in [7, 11) is -3.37. The van der Waals surface area contributed by atoms with Gasteiger partial charge in [0.15, 0.2) is 0 Å². The van der Waals surface area contributed by atoms with Gasteiger partial charge in [0.05, 0.1) is 0 Å². The molecule has 3 N–H and O–H groups in total. The zero-order valence-corrected chi connectivity index (χ0v) is 12.7. The molecule has 112 valence electrons. The largest absolute Gasteiger partial charge is 0.329 e. The van der Waals surface area contributed by atoms with E-state index in [1.54, 1.807) is 4.31 Å². The summed E-state index contributed by atoms with van der Waals surface area (Å²) in [5, 5.41) is 0. The molecule has 1 heterocycles. The molecule has 1 aliphatic heterocycles. The third-order valence-corrected chi connectivity index (χ3v) is 6.22. The van der Waals surface area contributed by atoms with E-state index in [9.17, 15) is 8.42 Å². The Hall–Kier alpha value is -0.170. The summed E-state index contributed by atoms with van der Waals surface area (Å²) >= 11 is 0. The Morgan fingerprint density at radius 3 is 2.53 bits per heavy atom. The highest BCUT2D eigenvalue weighted by molar-refractivity contribution is 7.87. The molecule has 2 unspecified atom stereocenters. The second-order valence-corrected chi connectivity index (χ2v) is 7.92. The van der Waals surface area contributed by atoms with Gasteiger partial charge in [-0.15, -0.1) is 0 Å². The van der Waals surface area contributed by atoms with Crippen LogP contribution in [0, 0.1) is 5.92 Å². The fraction of sp³-hybridized carbons (Fsp3) is 1.00. The van der Waals surface area contributed by atoms with Crippen molar-refractivity contribution in [1.29, 1.82) is 0 Å². The minimum Gasteiger partial charge on any atom is -0.329 e. The molecular formula is C13H27N3O2S. The van der Waals surface area contributed by atoms with Crippen LogP contribution in [0.3, 0.4) is 0 Å². The molecule has 1 saturated heterocycles. The molecule has 0 amide bonds. The molecule has 1 saturated carbocycles. The maximum absolute atomic E-state index is 12.5. The minimum absolute atomic E-state index is 0.393. The fourth-order valence-corrected chi connectivity index (χ4v) is 5.11. The number of nitrogens with one attached hydrogen (secondary N) is 1. The monoisotopic (exact) mass is 289 g/mol. The highest BCUT2D eigenvalue weighted by Crippen LogP contribution is 2.32. The van der Waals surface area contributed by atoms with Gasteiger partial charge in [-0.25, -0.2) is 0 Å². The number of hydrogen-bond acceptors (Lipinski definition) is 3. The summed E-state index contributed by atoms with van der Waals surface area (Å²) in [4.78, 5) is 0. The van der Waals surface area contributed by atoms with Gasteiger partial charge in [-0.3, -0.25) is 0 Å².